The number of aliphatic hydroxyl groups excluding tert-OH is 8. The van der Waals surface area contributed by atoms with Crippen LogP contribution in [-0.4, -0.2) is 115 Å². The van der Waals surface area contributed by atoms with Crippen LogP contribution in [-0.2, 0) is 9.47 Å². The van der Waals surface area contributed by atoms with E-state index < -0.39 is 74.6 Å². The van der Waals surface area contributed by atoms with Crippen LogP contribution in [0.25, 0.3) is 6.08 Å². The van der Waals surface area contributed by atoms with Crippen LogP contribution in [0.15, 0.2) is 54.6 Å². The fraction of sp³-hybridized carbons (Fsp3) is 0.448. The van der Waals surface area contributed by atoms with Gasteiger partial charge in [-0.1, -0.05) is 36.1 Å². The molecule has 8 N–H and O–H groups in total. The summed E-state index contributed by atoms with van der Waals surface area (Å²) >= 11 is 0. The molecule has 10 atom stereocenters. The molecular formula is C29H34O12. The van der Waals surface area contributed by atoms with Crippen molar-refractivity contribution in [1.82, 2.24) is 0 Å². The van der Waals surface area contributed by atoms with E-state index in [2.05, 4.69) is 11.8 Å². The molecule has 0 amide bonds. The molecule has 2 fully saturated rings. The van der Waals surface area contributed by atoms with Crippen LogP contribution in [0.5, 0.6) is 11.5 Å². The first-order chi connectivity index (χ1) is 19.7. The average molecular weight is 575 g/mol. The van der Waals surface area contributed by atoms with Crippen molar-refractivity contribution in [3.05, 3.63) is 65.7 Å². The van der Waals surface area contributed by atoms with E-state index in [9.17, 15) is 40.9 Å². The third-order valence-corrected chi connectivity index (χ3v) is 6.70. The molecule has 2 aromatic carbocycles. The largest absolute Gasteiger partial charge is 0.462 e. The second kappa shape index (κ2) is 14.2. The summed E-state index contributed by atoms with van der Waals surface area (Å²) in [6.45, 7) is -1.08. The van der Waals surface area contributed by atoms with Gasteiger partial charge in [0.05, 0.1) is 13.2 Å². The molecule has 4 rings (SSSR count). The van der Waals surface area contributed by atoms with E-state index >= 15 is 0 Å². The predicted molar refractivity (Wildman–Crippen MR) is 142 cm³/mol. The normalized spacial score (nSPS) is 33.7. The Morgan fingerprint density at radius 2 is 1.10 bits per heavy atom. The number of ether oxygens (including phenoxy) is 4. The fourth-order valence-corrected chi connectivity index (χ4v) is 4.28. The van der Waals surface area contributed by atoms with Crippen LogP contribution in [0, 0.1) is 11.8 Å². The van der Waals surface area contributed by atoms with Crippen molar-refractivity contribution in [3.63, 3.8) is 0 Å². The maximum absolute atomic E-state index is 10.1. The number of aliphatic hydroxyl groups is 8. The molecule has 0 radical (unpaired) electrons. The predicted octanol–water partition coefficient (Wildman–Crippen LogP) is -1.50. The molecule has 12 nitrogen and oxygen atoms in total. The molecule has 0 spiro atoms. The molecule has 0 unspecified atom stereocenters. The number of hydrogen-bond donors (Lipinski definition) is 8. The van der Waals surface area contributed by atoms with Gasteiger partial charge in [0.25, 0.3) is 0 Å². The Labute approximate surface area is 236 Å². The zero-order chi connectivity index (χ0) is 29.5. The van der Waals surface area contributed by atoms with Gasteiger partial charge in [-0.15, -0.1) is 0 Å². The highest BCUT2D eigenvalue weighted by Crippen LogP contribution is 2.26. The lowest BCUT2D eigenvalue weighted by molar-refractivity contribution is -0.277. The first-order valence-electron chi connectivity index (χ1n) is 13.0. The van der Waals surface area contributed by atoms with Crippen molar-refractivity contribution in [2.24, 2.45) is 0 Å². The smallest absolute Gasteiger partial charge is 0.229 e. The number of rotatable bonds is 8. The molecule has 2 aromatic rings. The number of benzene rings is 2. The van der Waals surface area contributed by atoms with Crippen molar-refractivity contribution in [2.45, 2.75) is 67.8 Å². The Balaban J connectivity index is 1.25. The molecular weight excluding hydrogens is 540 g/mol. The quantitative estimate of drug-likeness (QED) is 0.170. The van der Waals surface area contributed by atoms with Crippen molar-refractivity contribution in [1.29, 1.82) is 0 Å². The summed E-state index contributed by atoms with van der Waals surface area (Å²) in [5, 5.41) is 78.3. The van der Waals surface area contributed by atoms with Gasteiger partial charge in [-0.05, 0) is 42.0 Å². The molecule has 12 heteroatoms. The maximum Gasteiger partial charge on any atom is 0.229 e. The van der Waals surface area contributed by atoms with Crippen LogP contribution < -0.4 is 9.47 Å². The first kappa shape index (κ1) is 30.9. The van der Waals surface area contributed by atoms with Crippen molar-refractivity contribution in [2.75, 3.05) is 13.2 Å². The first-order valence-corrected chi connectivity index (χ1v) is 13.0. The Hall–Kier alpha value is -3.06. The summed E-state index contributed by atoms with van der Waals surface area (Å²) < 4.78 is 21.8. The summed E-state index contributed by atoms with van der Waals surface area (Å²) in [4.78, 5) is 0. The lowest BCUT2D eigenvalue weighted by Crippen LogP contribution is -2.60. The van der Waals surface area contributed by atoms with E-state index in [4.69, 9.17) is 18.9 Å². The van der Waals surface area contributed by atoms with Gasteiger partial charge in [0.15, 0.2) is 0 Å². The minimum atomic E-state index is -1.52. The van der Waals surface area contributed by atoms with E-state index in [1.165, 1.54) is 0 Å². The monoisotopic (exact) mass is 574 g/mol. The van der Waals surface area contributed by atoms with Gasteiger partial charge in [0.2, 0.25) is 12.6 Å². The van der Waals surface area contributed by atoms with Crippen LogP contribution in [0.4, 0.5) is 0 Å². The van der Waals surface area contributed by atoms with Crippen LogP contribution in [0.2, 0.25) is 0 Å². The number of hydrogen-bond acceptors (Lipinski definition) is 12. The van der Waals surface area contributed by atoms with Gasteiger partial charge in [-0.2, -0.15) is 0 Å². The lowest BCUT2D eigenvalue weighted by Gasteiger charge is -2.39. The third-order valence-electron chi connectivity index (χ3n) is 6.70. The van der Waals surface area contributed by atoms with E-state index in [0.29, 0.717) is 23.5 Å². The molecule has 0 aromatic heterocycles. The summed E-state index contributed by atoms with van der Waals surface area (Å²) in [6, 6.07) is 13.5. The molecule has 2 heterocycles. The van der Waals surface area contributed by atoms with E-state index in [-0.39, 0.29) is 0 Å². The maximum atomic E-state index is 10.1. The summed E-state index contributed by atoms with van der Waals surface area (Å²) in [6.07, 6.45) is -9.36. The van der Waals surface area contributed by atoms with Gasteiger partial charge in [0, 0.05) is 12.0 Å². The van der Waals surface area contributed by atoms with Crippen molar-refractivity contribution >= 4 is 6.08 Å². The minimum absolute atomic E-state index is 0.346. The molecule has 0 aliphatic carbocycles. The van der Waals surface area contributed by atoms with Gasteiger partial charge >= 0.3 is 0 Å². The Morgan fingerprint density at radius 3 is 1.56 bits per heavy atom. The molecule has 2 aliphatic rings. The summed E-state index contributed by atoms with van der Waals surface area (Å²) in [5.41, 5.74) is 1.58. The zero-order valence-electron chi connectivity index (χ0n) is 21.9. The minimum Gasteiger partial charge on any atom is -0.462 e. The fourth-order valence-electron chi connectivity index (χ4n) is 4.28. The average Bonchev–Trinajstić information content (AvgIpc) is 2.99. The Kier molecular flexibility index (Phi) is 10.7. The molecule has 41 heavy (non-hydrogen) atoms. The van der Waals surface area contributed by atoms with Crippen molar-refractivity contribution in [3.8, 4) is 23.3 Å². The summed E-state index contributed by atoms with van der Waals surface area (Å²) in [5.74, 6) is 6.76. The molecule has 2 aliphatic heterocycles. The van der Waals surface area contributed by atoms with Crippen molar-refractivity contribution < 1.29 is 59.8 Å². The van der Waals surface area contributed by atoms with Crippen LogP contribution in [0.1, 0.15) is 17.5 Å². The standard InChI is InChI=1S/C29H34O12/c30-14-20-22(32)24(34)26(36)28(40-20)38-18-10-6-16(7-11-18)4-2-1-3-5-17-8-12-19(13-9-17)39-29-27(37)25(35)23(33)21(15-31)41-29/h2,4,6-13,20-37H,1,14-15H2/b4-2+/t20-,21-,22-,23-,24+,25+,26-,27-,28-,29-/m1/s1. The SMILES string of the molecule is OC[C@H]1O[C@@H](Oc2ccc(C#CC/C=C/c3ccc(O[C@@H]4O[C@H](CO)[C@@H](O)[C@H](O)[C@H]4O)cc3)cc2)[C@H](O)[C@@H](O)[C@@H]1O. The summed E-state index contributed by atoms with van der Waals surface area (Å²) in [7, 11) is 0. The molecule has 2 saturated heterocycles. The number of allylic oxidation sites excluding steroid dienone is 1. The molecule has 0 saturated carbocycles. The highest BCUT2D eigenvalue weighted by atomic mass is 16.7. The van der Waals surface area contributed by atoms with E-state index in [1.54, 1.807) is 48.5 Å². The van der Waals surface area contributed by atoms with Gasteiger partial charge < -0.3 is 59.8 Å². The third kappa shape index (κ3) is 7.62. The zero-order valence-corrected chi connectivity index (χ0v) is 21.9. The van der Waals surface area contributed by atoms with Crippen LogP contribution in [0.3, 0.4) is 0 Å². The van der Waals surface area contributed by atoms with Gasteiger partial charge in [-0.25, -0.2) is 0 Å². The lowest BCUT2D eigenvalue weighted by atomic mass is 9.99. The Bertz CT molecular complexity index is 1190. The molecule has 0 bridgehead atoms. The highest BCUT2D eigenvalue weighted by Gasteiger charge is 2.45. The second-order valence-corrected chi connectivity index (χ2v) is 9.63. The molecule has 222 valence electrons. The topological polar surface area (TPSA) is 199 Å². The second-order valence-electron chi connectivity index (χ2n) is 9.63. The van der Waals surface area contributed by atoms with E-state index in [0.717, 1.165) is 5.56 Å². The highest BCUT2D eigenvalue weighted by molar-refractivity contribution is 5.51. The van der Waals surface area contributed by atoms with Gasteiger partial charge in [0.1, 0.15) is 60.3 Å². The Morgan fingerprint density at radius 1 is 0.634 bits per heavy atom. The van der Waals surface area contributed by atoms with E-state index in [1.807, 2.05) is 12.2 Å². The van der Waals surface area contributed by atoms with Gasteiger partial charge in [-0.3, -0.25) is 0 Å². The van der Waals surface area contributed by atoms with Crippen LogP contribution >= 0.6 is 0 Å².